The summed E-state index contributed by atoms with van der Waals surface area (Å²) in [7, 11) is 0. The zero-order valence-corrected chi connectivity index (χ0v) is 12.9. The molecule has 0 saturated carbocycles. The summed E-state index contributed by atoms with van der Waals surface area (Å²) in [5.41, 5.74) is -2.57. The monoisotopic (exact) mass is 349 g/mol. The zero-order chi connectivity index (χ0) is 18.1. The molecule has 2 aromatic rings. The third-order valence-corrected chi connectivity index (χ3v) is 3.87. The van der Waals surface area contributed by atoms with Crippen molar-refractivity contribution in [3.63, 3.8) is 0 Å². The first-order valence-corrected chi connectivity index (χ1v) is 7.45. The van der Waals surface area contributed by atoms with Gasteiger partial charge in [-0.25, -0.2) is 0 Å². The summed E-state index contributed by atoms with van der Waals surface area (Å²) >= 11 is 0. The lowest BCUT2D eigenvalue weighted by Gasteiger charge is -2.32. The van der Waals surface area contributed by atoms with Gasteiger partial charge in [-0.05, 0) is 11.6 Å². The van der Waals surface area contributed by atoms with Crippen molar-refractivity contribution in [2.45, 2.75) is 24.7 Å². The molecule has 1 atom stereocenters. The Hall–Kier alpha value is -2.74. The highest BCUT2D eigenvalue weighted by Gasteiger charge is 2.63. The van der Waals surface area contributed by atoms with Gasteiger partial charge >= 0.3 is 6.18 Å². The molecule has 3 rings (SSSR count). The van der Waals surface area contributed by atoms with Crippen LogP contribution in [0.5, 0.6) is 0 Å². The molecule has 8 heteroatoms. The number of amides is 1. The smallest absolute Gasteiger partial charge is 0.362 e. The first-order valence-electron chi connectivity index (χ1n) is 7.45. The van der Waals surface area contributed by atoms with Gasteiger partial charge in [-0.15, -0.1) is 0 Å². The molecule has 25 heavy (non-hydrogen) atoms. The first-order chi connectivity index (χ1) is 11.8. The van der Waals surface area contributed by atoms with Crippen molar-refractivity contribution in [3.8, 4) is 0 Å². The highest BCUT2D eigenvalue weighted by atomic mass is 19.4. The predicted molar refractivity (Wildman–Crippen MR) is 83.4 cm³/mol. The van der Waals surface area contributed by atoms with Gasteiger partial charge in [-0.1, -0.05) is 36.4 Å². The van der Waals surface area contributed by atoms with E-state index in [0.29, 0.717) is 11.1 Å². The number of carbonyl (C=O) groups excluding carboxylic acids is 1. The number of carbonyl (C=O) groups is 1. The summed E-state index contributed by atoms with van der Waals surface area (Å²) in [6, 6.07) is 11.4. The van der Waals surface area contributed by atoms with E-state index in [1.54, 1.807) is 36.4 Å². The van der Waals surface area contributed by atoms with E-state index in [9.17, 15) is 23.1 Å². The number of nitrogens with zero attached hydrogens (tertiary/aromatic N) is 3. The molecule has 0 saturated heterocycles. The van der Waals surface area contributed by atoms with Crippen molar-refractivity contribution in [1.29, 1.82) is 0 Å². The van der Waals surface area contributed by atoms with Gasteiger partial charge in [0.2, 0.25) is 5.91 Å². The second kappa shape index (κ2) is 6.29. The van der Waals surface area contributed by atoms with Gasteiger partial charge < -0.3 is 5.11 Å². The molecule has 5 nitrogen and oxygen atoms in total. The summed E-state index contributed by atoms with van der Waals surface area (Å²) in [4.78, 5) is 16.2. The average molecular weight is 349 g/mol. The van der Waals surface area contributed by atoms with Crippen LogP contribution in [0, 0.1) is 0 Å². The largest absolute Gasteiger partial charge is 0.438 e. The van der Waals surface area contributed by atoms with E-state index in [1.807, 2.05) is 0 Å². The van der Waals surface area contributed by atoms with E-state index in [4.69, 9.17) is 0 Å². The van der Waals surface area contributed by atoms with Crippen LogP contribution >= 0.6 is 0 Å². The molecule has 1 N–H and O–H groups in total. The molecule has 1 aliphatic heterocycles. The Labute approximate surface area is 141 Å². The molecule has 0 bridgehead atoms. The molecule has 0 spiro atoms. The van der Waals surface area contributed by atoms with Crippen LogP contribution in [-0.2, 0) is 11.2 Å². The van der Waals surface area contributed by atoms with E-state index in [1.165, 1.54) is 18.5 Å². The summed E-state index contributed by atoms with van der Waals surface area (Å²) in [5, 5.41) is 14.1. The molecular formula is C17H14F3N3O2. The van der Waals surface area contributed by atoms with E-state index in [2.05, 4.69) is 10.1 Å². The summed E-state index contributed by atoms with van der Waals surface area (Å²) in [6.45, 7) is 0. The first kappa shape index (κ1) is 17.1. The summed E-state index contributed by atoms with van der Waals surface area (Å²) in [5.74, 6) is -0.940. The van der Waals surface area contributed by atoms with Gasteiger partial charge in [0.1, 0.15) is 0 Å². The van der Waals surface area contributed by atoms with Crippen LogP contribution in [0.15, 0.2) is 60.0 Å². The molecule has 0 fully saturated rings. The molecule has 1 aromatic heterocycles. The maximum atomic E-state index is 13.5. The molecule has 2 heterocycles. The number of hydrogen-bond donors (Lipinski definition) is 1. The highest BCUT2D eigenvalue weighted by molar-refractivity contribution is 6.03. The molecule has 0 unspecified atom stereocenters. The maximum absolute atomic E-state index is 13.5. The lowest BCUT2D eigenvalue weighted by molar-refractivity contribution is -0.302. The van der Waals surface area contributed by atoms with Crippen LogP contribution < -0.4 is 0 Å². The predicted octanol–water partition coefficient (Wildman–Crippen LogP) is 2.51. The third kappa shape index (κ3) is 3.25. The second-order valence-electron chi connectivity index (χ2n) is 5.65. The topological polar surface area (TPSA) is 65.8 Å². The molecule has 0 aliphatic carbocycles. The van der Waals surface area contributed by atoms with Gasteiger partial charge in [-0.2, -0.15) is 23.3 Å². The number of aliphatic hydroxyl groups is 1. The van der Waals surface area contributed by atoms with Gasteiger partial charge in [0.25, 0.3) is 5.72 Å². The lowest BCUT2D eigenvalue weighted by Crippen LogP contribution is -2.57. The number of aromatic nitrogens is 1. The van der Waals surface area contributed by atoms with Crippen LogP contribution in [-0.4, -0.2) is 38.6 Å². The molecule has 1 aliphatic rings. The Morgan fingerprint density at radius 2 is 1.92 bits per heavy atom. The molecule has 0 radical (unpaired) electrons. The fraction of sp³-hybridized carbons (Fsp3) is 0.235. The number of hydrogen-bond acceptors (Lipinski definition) is 4. The third-order valence-electron chi connectivity index (χ3n) is 3.87. The Kier molecular flexibility index (Phi) is 4.30. The van der Waals surface area contributed by atoms with E-state index < -0.39 is 24.2 Å². The maximum Gasteiger partial charge on any atom is 0.438 e. The van der Waals surface area contributed by atoms with E-state index >= 15 is 0 Å². The van der Waals surface area contributed by atoms with Gasteiger partial charge in [0, 0.05) is 18.0 Å². The quantitative estimate of drug-likeness (QED) is 0.926. The van der Waals surface area contributed by atoms with E-state index in [0.717, 1.165) is 0 Å². The Morgan fingerprint density at radius 1 is 1.20 bits per heavy atom. The van der Waals surface area contributed by atoms with Crippen LogP contribution in [0.25, 0.3) is 0 Å². The zero-order valence-electron chi connectivity index (χ0n) is 12.9. The minimum absolute atomic E-state index is 0.0469. The van der Waals surface area contributed by atoms with Crippen molar-refractivity contribution in [2.24, 2.45) is 5.10 Å². The Bertz CT molecular complexity index is 794. The Morgan fingerprint density at radius 3 is 2.52 bits per heavy atom. The summed E-state index contributed by atoms with van der Waals surface area (Å²) in [6.07, 6.45) is -3.40. The molecule has 130 valence electrons. The van der Waals surface area contributed by atoms with Crippen LogP contribution in [0.3, 0.4) is 0 Å². The second-order valence-corrected chi connectivity index (χ2v) is 5.65. The van der Waals surface area contributed by atoms with Crippen LogP contribution in [0.4, 0.5) is 13.2 Å². The number of pyridine rings is 1. The minimum atomic E-state index is -5.05. The number of halogens is 3. The van der Waals surface area contributed by atoms with Crippen molar-refractivity contribution in [1.82, 2.24) is 9.99 Å². The van der Waals surface area contributed by atoms with Crippen LogP contribution in [0.1, 0.15) is 17.5 Å². The van der Waals surface area contributed by atoms with Crippen molar-refractivity contribution in [2.75, 3.05) is 0 Å². The van der Waals surface area contributed by atoms with Gasteiger partial charge in [-0.3, -0.25) is 9.78 Å². The number of hydrazone groups is 1. The van der Waals surface area contributed by atoms with Crippen molar-refractivity contribution in [3.05, 3.63) is 66.0 Å². The SMILES string of the molecule is O=C(Cc1ccccc1)N1N=C(c2cccnc2)C[C@@]1(O)C(F)(F)F. The van der Waals surface area contributed by atoms with Gasteiger partial charge in [0.05, 0.1) is 18.6 Å². The normalized spacial score (nSPS) is 20.5. The molecular weight excluding hydrogens is 335 g/mol. The summed E-state index contributed by atoms with van der Waals surface area (Å²) < 4.78 is 40.4. The minimum Gasteiger partial charge on any atom is -0.362 e. The van der Waals surface area contributed by atoms with E-state index in [-0.39, 0.29) is 17.1 Å². The number of benzene rings is 1. The Balaban J connectivity index is 1.94. The lowest BCUT2D eigenvalue weighted by atomic mass is 10.0. The number of rotatable bonds is 3. The average Bonchev–Trinajstić information content (AvgIpc) is 2.96. The van der Waals surface area contributed by atoms with Crippen molar-refractivity contribution >= 4 is 11.6 Å². The van der Waals surface area contributed by atoms with Gasteiger partial charge in [0.15, 0.2) is 0 Å². The van der Waals surface area contributed by atoms with Crippen LogP contribution in [0.2, 0.25) is 0 Å². The fourth-order valence-electron chi connectivity index (χ4n) is 2.57. The standard InChI is InChI=1S/C17H14F3N3O2/c18-17(19,20)16(25)10-14(13-7-4-8-21-11-13)22-23(16)15(24)9-12-5-2-1-3-6-12/h1-8,11,25H,9-10H2/t16-/m1/s1. The highest BCUT2D eigenvalue weighted by Crippen LogP contribution is 2.41. The fourth-order valence-corrected chi connectivity index (χ4v) is 2.57. The molecule has 1 amide bonds. The molecule has 1 aromatic carbocycles. The van der Waals surface area contributed by atoms with Crippen molar-refractivity contribution < 1.29 is 23.1 Å². The number of alkyl halides is 3.